The summed E-state index contributed by atoms with van der Waals surface area (Å²) in [5.41, 5.74) is 5.21. The number of aliphatic hydroxyl groups is 1. The molecule has 0 aliphatic carbocycles. The van der Waals surface area contributed by atoms with Crippen molar-refractivity contribution in [3.05, 3.63) is 0 Å². The zero-order valence-corrected chi connectivity index (χ0v) is 6.66. The summed E-state index contributed by atoms with van der Waals surface area (Å²) in [6.07, 6.45) is 1.03. The number of carboxylic acid groups (broad SMARTS) is 1. The van der Waals surface area contributed by atoms with Gasteiger partial charge in [0.2, 0.25) is 0 Å². The van der Waals surface area contributed by atoms with Gasteiger partial charge in [0.15, 0.2) is 0 Å². The molecule has 0 saturated carbocycles. The van der Waals surface area contributed by atoms with Gasteiger partial charge in [0.1, 0.15) is 6.04 Å². The van der Waals surface area contributed by atoms with E-state index in [0.29, 0.717) is 19.3 Å². The fourth-order valence-electron chi connectivity index (χ4n) is 0.700. The Bertz CT molecular complexity index is 127. The first-order chi connectivity index (χ1) is 5.07. The number of aliphatic carboxylic acids is 1. The van der Waals surface area contributed by atoms with Gasteiger partial charge in [0.05, 0.1) is 6.10 Å². The Kier molecular flexibility index (Phi) is 4.81. The van der Waals surface area contributed by atoms with Gasteiger partial charge in [-0.2, -0.15) is 0 Å². The van der Waals surface area contributed by atoms with E-state index in [1.807, 2.05) is 6.92 Å². The van der Waals surface area contributed by atoms with Crippen LogP contribution in [0, 0.1) is 0 Å². The SMILES string of the molecule is CC[C@@H](O)CC[C@@H](N)C(=O)O. The van der Waals surface area contributed by atoms with Crippen LogP contribution in [0.3, 0.4) is 0 Å². The third kappa shape index (κ3) is 4.75. The molecule has 0 spiro atoms. The van der Waals surface area contributed by atoms with Crippen LogP contribution in [0.2, 0.25) is 0 Å². The number of aliphatic hydroxyl groups excluding tert-OH is 1. The van der Waals surface area contributed by atoms with Crippen LogP contribution < -0.4 is 5.73 Å². The molecule has 2 atom stereocenters. The van der Waals surface area contributed by atoms with E-state index >= 15 is 0 Å². The highest BCUT2D eigenvalue weighted by Gasteiger charge is 2.12. The number of rotatable bonds is 5. The first-order valence-corrected chi connectivity index (χ1v) is 3.74. The fraction of sp³-hybridized carbons (Fsp3) is 0.857. The van der Waals surface area contributed by atoms with Crippen LogP contribution in [0.1, 0.15) is 26.2 Å². The summed E-state index contributed by atoms with van der Waals surface area (Å²) in [4.78, 5) is 10.2. The quantitative estimate of drug-likeness (QED) is 0.528. The van der Waals surface area contributed by atoms with Gasteiger partial charge in [-0.25, -0.2) is 0 Å². The number of hydrogen-bond donors (Lipinski definition) is 3. The predicted molar refractivity (Wildman–Crippen MR) is 41.1 cm³/mol. The maximum atomic E-state index is 10.2. The summed E-state index contributed by atoms with van der Waals surface area (Å²) in [5, 5.41) is 17.4. The molecule has 0 aliphatic heterocycles. The van der Waals surface area contributed by atoms with Crippen molar-refractivity contribution in [2.45, 2.75) is 38.3 Å². The monoisotopic (exact) mass is 161 g/mol. The molecule has 0 heterocycles. The number of carbonyl (C=O) groups is 1. The van der Waals surface area contributed by atoms with Gasteiger partial charge in [0, 0.05) is 0 Å². The minimum atomic E-state index is -1.01. The highest BCUT2D eigenvalue weighted by molar-refractivity contribution is 5.72. The Hall–Kier alpha value is -0.610. The third-order valence-corrected chi connectivity index (χ3v) is 1.60. The zero-order valence-electron chi connectivity index (χ0n) is 6.66. The molecule has 0 fully saturated rings. The van der Waals surface area contributed by atoms with Crippen LogP contribution in [-0.2, 0) is 4.79 Å². The molecule has 0 amide bonds. The Morgan fingerprint density at radius 2 is 2.09 bits per heavy atom. The van der Waals surface area contributed by atoms with Gasteiger partial charge in [-0.05, 0) is 19.3 Å². The van der Waals surface area contributed by atoms with E-state index in [1.54, 1.807) is 0 Å². The molecule has 0 unspecified atom stereocenters. The van der Waals surface area contributed by atoms with Crippen LogP contribution >= 0.6 is 0 Å². The number of carboxylic acids is 1. The molecule has 0 aliphatic rings. The molecule has 4 heteroatoms. The van der Waals surface area contributed by atoms with Crippen molar-refractivity contribution in [1.29, 1.82) is 0 Å². The van der Waals surface area contributed by atoms with Crippen molar-refractivity contribution < 1.29 is 15.0 Å². The van der Waals surface area contributed by atoms with Crippen molar-refractivity contribution >= 4 is 5.97 Å². The summed E-state index contributed by atoms with van der Waals surface area (Å²) in [5.74, 6) is -1.01. The molecule has 4 nitrogen and oxygen atoms in total. The van der Waals surface area contributed by atoms with E-state index in [1.165, 1.54) is 0 Å². The molecule has 0 aromatic carbocycles. The Morgan fingerprint density at radius 1 is 1.55 bits per heavy atom. The maximum Gasteiger partial charge on any atom is 0.320 e. The minimum Gasteiger partial charge on any atom is -0.480 e. The van der Waals surface area contributed by atoms with Gasteiger partial charge in [-0.1, -0.05) is 6.92 Å². The van der Waals surface area contributed by atoms with Crippen molar-refractivity contribution in [2.24, 2.45) is 5.73 Å². The molecular weight excluding hydrogens is 146 g/mol. The molecular formula is C7H15NO3. The topological polar surface area (TPSA) is 83.5 Å². The van der Waals surface area contributed by atoms with Gasteiger partial charge in [-0.15, -0.1) is 0 Å². The second-order valence-corrected chi connectivity index (χ2v) is 2.58. The lowest BCUT2D eigenvalue weighted by Crippen LogP contribution is -2.30. The first-order valence-electron chi connectivity index (χ1n) is 3.74. The average molecular weight is 161 g/mol. The highest BCUT2D eigenvalue weighted by Crippen LogP contribution is 2.02. The highest BCUT2D eigenvalue weighted by atomic mass is 16.4. The largest absolute Gasteiger partial charge is 0.480 e. The normalized spacial score (nSPS) is 15.9. The van der Waals surface area contributed by atoms with Crippen LogP contribution in [0.15, 0.2) is 0 Å². The molecule has 0 rings (SSSR count). The summed E-state index contributed by atoms with van der Waals surface area (Å²) < 4.78 is 0. The lowest BCUT2D eigenvalue weighted by molar-refractivity contribution is -0.138. The van der Waals surface area contributed by atoms with Crippen molar-refractivity contribution in [1.82, 2.24) is 0 Å². The minimum absolute atomic E-state index is 0.338. The Morgan fingerprint density at radius 3 is 2.45 bits per heavy atom. The molecule has 66 valence electrons. The Labute approximate surface area is 66.0 Å². The van der Waals surface area contributed by atoms with Crippen LogP contribution in [0.25, 0.3) is 0 Å². The molecule has 11 heavy (non-hydrogen) atoms. The van der Waals surface area contributed by atoms with E-state index in [2.05, 4.69) is 0 Å². The van der Waals surface area contributed by atoms with Crippen molar-refractivity contribution in [3.8, 4) is 0 Å². The Balaban J connectivity index is 3.45. The standard InChI is InChI=1S/C7H15NO3/c1-2-5(9)3-4-6(8)7(10)11/h5-6,9H,2-4,8H2,1H3,(H,10,11)/t5-,6-/m1/s1. The molecule has 0 saturated heterocycles. The number of nitrogens with two attached hydrogens (primary N) is 1. The van der Waals surface area contributed by atoms with Gasteiger partial charge in [-0.3, -0.25) is 4.79 Å². The lowest BCUT2D eigenvalue weighted by atomic mass is 10.1. The molecule has 0 radical (unpaired) electrons. The van der Waals surface area contributed by atoms with Crippen molar-refractivity contribution in [3.63, 3.8) is 0 Å². The average Bonchev–Trinajstić information content (AvgIpc) is 1.99. The number of hydrogen-bond acceptors (Lipinski definition) is 3. The van der Waals surface area contributed by atoms with Crippen LogP contribution in [0.5, 0.6) is 0 Å². The summed E-state index contributed by atoms with van der Waals surface area (Å²) >= 11 is 0. The van der Waals surface area contributed by atoms with Crippen LogP contribution in [-0.4, -0.2) is 28.3 Å². The summed E-state index contributed by atoms with van der Waals surface area (Å²) in [6, 6.07) is -0.837. The molecule has 0 aromatic heterocycles. The summed E-state index contributed by atoms with van der Waals surface area (Å²) in [7, 11) is 0. The summed E-state index contributed by atoms with van der Waals surface area (Å²) in [6.45, 7) is 1.84. The van der Waals surface area contributed by atoms with Crippen LogP contribution in [0.4, 0.5) is 0 Å². The smallest absolute Gasteiger partial charge is 0.320 e. The zero-order chi connectivity index (χ0) is 8.85. The van der Waals surface area contributed by atoms with E-state index < -0.39 is 18.1 Å². The van der Waals surface area contributed by atoms with E-state index in [4.69, 9.17) is 15.9 Å². The van der Waals surface area contributed by atoms with Crippen molar-refractivity contribution in [2.75, 3.05) is 0 Å². The maximum absolute atomic E-state index is 10.2. The van der Waals surface area contributed by atoms with E-state index in [9.17, 15) is 4.79 Å². The predicted octanol–water partition coefficient (Wildman–Crippen LogP) is -0.0506. The second kappa shape index (κ2) is 5.09. The second-order valence-electron chi connectivity index (χ2n) is 2.58. The first kappa shape index (κ1) is 10.4. The third-order valence-electron chi connectivity index (χ3n) is 1.60. The molecule has 4 N–H and O–H groups in total. The fourth-order valence-corrected chi connectivity index (χ4v) is 0.700. The lowest BCUT2D eigenvalue weighted by Gasteiger charge is -2.09. The van der Waals surface area contributed by atoms with E-state index in [-0.39, 0.29) is 0 Å². The van der Waals surface area contributed by atoms with E-state index in [0.717, 1.165) is 0 Å². The molecule has 0 bridgehead atoms. The van der Waals surface area contributed by atoms with Gasteiger partial charge in [0.25, 0.3) is 0 Å². The van der Waals surface area contributed by atoms with Gasteiger partial charge >= 0.3 is 5.97 Å². The van der Waals surface area contributed by atoms with Gasteiger partial charge < -0.3 is 15.9 Å². The molecule has 0 aromatic rings.